The first kappa shape index (κ1) is 12.1. The number of ether oxygens (including phenoxy) is 1. The van der Waals surface area contributed by atoms with Crippen LogP contribution in [-0.4, -0.2) is 13.1 Å². The van der Waals surface area contributed by atoms with Gasteiger partial charge in [0.05, 0.1) is 0 Å². The molecule has 1 heterocycles. The van der Waals surface area contributed by atoms with E-state index in [1.54, 1.807) is 0 Å². The molecule has 1 fully saturated rings. The van der Waals surface area contributed by atoms with E-state index in [0.717, 1.165) is 5.75 Å². The number of nitrogens with zero attached hydrogens (tertiary/aromatic N) is 1. The lowest BCUT2D eigenvalue weighted by atomic mass is 10.1. The number of anilines is 1. The maximum Gasteiger partial charge on any atom is 0.122 e. The molecule has 2 aromatic rings. The van der Waals surface area contributed by atoms with E-state index in [0.29, 0.717) is 6.61 Å². The van der Waals surface area contributed by atoms with Crippen LogP contribution in [0.1, 0.15) is 17.5 Å². The van der Waals surface area contributed by atoms with Crippen molar-refractivity contribution in [2.45, 2.75) is 20.0 Å². The van der Waals surface area contributed by atoms with Crippen molar-refractivity contribution in [2.75, 3.05) is 18.0 Å². The minimum absolute atomic E-state index is 0.629. The number of rotatable bonds is 4. The van der Waals surface area contributed by atoms with E-state index in [9.17, 15) is 0 Å². The van der Waals surface area contributed by atoms with Crippen molar-refractivity contribution in [1.29, 1.82) is 0 Å². The van der Waals surface area contributed by atoms with Crippen LogP contribution < -0.4 is 9.64 Å². The van der Waals surface area contributed by atoms with Gasteiger partial charge in [-0.25, -0.2) is 0 Å². The Morgan fingerprint density at radius 3 is 2.53 bits per heavy atom. The highest BCUT2D eigenvalue weighted by molar-refractivity contribution is 5.54. The zero-order valence-corrected chi connectivity index (χ0v) is 11.3. The van der Waals surface area contributed by atoms with Crippen molar-refractivity contribution in [1.82, 2.24) is 0 Å². The van der Waals surface area contributed by atoms with Crippen molar-refractivity contribution in [3.8, 4) is 5.75 Å². The molecule has 2 heteroatoms. The molecule has 3 rings (SSSR count). The van der Waals surface area contributed by atoms with Gasteiger partial charge in [-0.15, -0.1) is 0 Å². The van der Waals surface area contributed by atoms with Crippen LogP contribution in [0.3, 0.4) is 0 Å². The fraction of sp³-hybridized carbons (Fsp3) is 0.294. The molecule has 0 N–H and O–H groups in total. The van der Waals surface area contributed by atoms with Gasteiger partial charge in [0.2, 0.25) is 0 Å². The van der Waals surface area contributed by atoms with E-state index in [-0.39, 0.29) is 0 Å². The van der Waals surface area contributed by atoms with E-state index in [1.807, 2.05) is 18.2 Å². The van der Waals surface area contributed by atoms with Crippen LogP contribution in [0.2, 0.25) is 0 Å². The van der Waals surface area contributed by atoms with Crippen LogP contribution in [0.15, 0.2) is 48.5 Å². The van der Waals surface area contributed by atoms with Crippen molar-refractivity contribution in [3.63, 3.8) is 0 Å². The SMILES string of the molecule is Cc1cc(OCc2ccccc2)cc(N2CCC2)c1. The molecule has 0 atom stereocenters. The smallest absolute Gasteiger partial charge is 0.122 e. The molecule has 98 valence electrons. The Labute approximate surface area is 114 Å². The van der Waals surface area contributed by atoms with E-state index in [4.69, 9.17) is 4.74 Å². The first-order valence-electron chi connectivity index (χ1n) is 6.85. The summed E-state index contributed by atoms with van der Waals surface area (Å²) in [5, 5.41) is 0. The quantitative estimate of drug-likeness (QED) is 0.822. The number of benzene rings is 2. The van der Waals surface area contributed by atoms with Gasteiger partial charge < -0.3 is 9.64 Å². The molecule has 1 saturated heterocycles. The van der Waals surface area contributed by atoms with Gasteiger partial charge in [-0.05, 0) is 36.6 Å². The molecule has 2 aromatic carbocycles. The second-order valence-electron chi connectivity index (χ2n) is 5.12. The third kappa shape index (κ3) is 2.90. The van der Waals surface area contributed by atoms with Crippen LogP contribution in [0, 0.1) is 6.92 Å². The summed E-state index contributed by atoms with van der Waals surface area (Å²) in [6.45, 7) is 5.09. The first-order chi connectivity index (χ1) is 9.31. The maximum atomic E-state index is 5.91. The normalized spacial score (nSPS) is 14.1. The van der Waals surface area contributed by atoms with E-state index < -0.39 is 0 Å². The summed E-state index contributed by atoms with van der Waals surface area (Å²) in [6.07, 6.45) is 1.30. The lowest BCUT2D eigenvalue weighted by molar-refractivity contribution is 0.306. The molecular weight excluding hydrogens is 234 g/mol. The predicted molar refractivity (Wildman–Crippen MR) is 78.8 cm³/mol. The summed E-state index contributed by atoms with van der Waals surface area (Å²) in [7, 11) is 0. The number of aryl methyl sites for hydroxylation is 1. The first-order valence-corrected chi connectivity index (χ1v) is 6.85. The van der Waals surface area contributed by atoms with Crippen LogP contribution in [0.25, 0.3) is 0 Å². The van der Waals surface area contributed by atoms with Crippen molar-refractivity contribution < 1.29 is 4.74 Å². The summed E-state index contributed by atoms with van der Waals surface area (Å²) >= 11 is 0. The largest absolute Gasteiger partial charge is 0.489 e. The molecular formula is C17H19NO. The summed E-state index contributed by atoms with van der Waals surface area (Å²) in [4.78, 5) is 2.39. The summed E-state index contributed by atoms with van der Waals surface area (Å²) in [5.74, 6) is 0.964. The molecule has 0 unspecified atom stereocenters. The van der Waals surface area contributed by atoms with Crippen LogP contribution in [0.5, 0.6) is 5.75 Å². The fourth-order valence-corrected chi connectivity index (χ4v) is 2.31. The van der Waals surface area contributed by atoms with Gasteiger partial charge in [0, 0.05) is 24.8 Å². The fourth-order valence-electron chi connectivity index (χ4n) is 2.31. The predicted octanol–water partition coefficient (Wildman–Crippen LogP) is 3.78. The molecule has 0 radical (unpaired) electrons. The summed E-state index contributed by atoms with van der Waals surface area (Å²) in [6, 6.07) is 16.8. The van der Waals surface area contributed by atoms with Crippen molar-refractivity contribution in [3.05, 3.63) is 59.7 Å². The van der Waals surface area contributed by atoms with Crippen molar-refractivity contribution in [2.24, 2.45) is 0 Å². The van der Waals surface area contributed by atoms with Crippen LogP contribution >= 0.6 is 0 Å². The third-order valence-electron chi connectivity index (χ3n) is 3.51. The van der Waals surface area contributed by atoms with E-state index in [2.05, 4.69) is 42.2 Å². The zero-order valence-electron chi connectivity index (χ0n) is 11.3. The summed E-state index contributed by atoms with van der Waals surface area (Å²) < 4.78 is 5.91. The topological polar surface area (TPSA) is 12.5 Å². The Morgan fingerprint density at radius 2 is 1.84 bits per heavy atom. The molecule has 19 heavy (non-hydrogen) atoms. The Hall–Kier alpha value is -1.96. The van der Waals surface area contributed by atoms with E-state index >= 15 is 0 Å². The zero-order chi connectivity index (χ0) is 13.1. The van der Waals surface area contributed by atoms with Gasteiger partial charge in [-0.3, -0.25) is 0 Å². The molecule has 0 aromatic heterocycles. The second-order valence-corrected chi connectivity index (χ2v) is 5.12. The van der Waals surface area contributed by atoms with Gasteiger partial charge >= 0.3 is 0 Å². The Kier molecular flexibility index (Phi) is 3.41. The monoisotopic (exact) mass is 253 g/mol. The highest BCUT2D eigenvalue weighted by Crippen LogP contribution is 2.27. The second kappa shape index (κ2) is 5.35. The standard InChI is InChI=1S/C17H19NO/c1-14-10-16(18-8-5-9-18)12-17(11-14)19-13-15-6-3-2-4-7-15/h2-4,6-7,10-12H,5,8-9,13H2,1H3. The molecule has 0 saturated carbocycles. The number of hydrogen-bond acceptors (Lipinski definition) is 2. The molecule has 1 aliphatic heterocycles. The van der Waals surface area contributed by atoms with Gasteiger partial charge in [-0.2, -0.15) is 0 Å². The molecule has 0 spiro atoms. The Morgan fingerprint density at radius 1 is 1.05 bits per heavy atom. The average molecular weight is 253 g/mol. The minimum atomic E-state index is 0.629. The van der Waals surface area contributed by atoms with Gasteiger partial charge in [0.25, 0.3) is 0 Å². The lowest BCUT2D eigenvalue weighted by Gasteiger charge is -2.33. The molecule has 0 aliphatic carbocycles. The lowest BCUT2D eigenvalue weighted by Crippen LogP contribution is -2.36. The van der Waals surface area contributed by atoms with Crippen LogP contribution in [0.4, 0.5) is 5.69 Å². The molecule has 2 nitrogen and oxygen atoms in total. The van der Waals surface area contributed by atoms with Gasteiger partial charge in [0.15, 0.2) is 0 Å². The maximum absolute atomic E-state index is 5.91. The molecule has 1 aliphatic rings. The van der Waals surface area contributed by atoms with Gasteiger partial charge in [0.1, 0.15) is 12.4 Å². The highest BCUT2D eigenvalue weighted by atomic mass is 16.5. The van der Waals surface area contributed by atoms with Crippen LogP contribution in [-0.2, 0) is 6.61 Å². The molecule has 0 bridgehead atoms. The summed E-state index contributed by atoms with van der Waals surface area (Å²) in [5.41, 5.74) is 3.75. The van der Waals surface area contributed by atoms with Gasteiger partial charge in [-0.1, -0.05) is 30.3 Å². The Balaban J connectivity index is 1.71. The van der Waals surface area contributed by atoms with Crippen molar-refractivity contribution >= 4 is 5.69 Å². The highest BCUT2D eigenvalue weighted by Gasteiger charge is 2.15. The number of hydrogen-bond donors (Lipinski definition) is 0. The average Bonchev–Trinajstić information content (AvgIpc) is 2.35. The van der Waals surface area contributed by atoms with E-state index in [1.165, 1.54) is 36.3 Å². The molecule has 0 amide bonds. The Bertz CT molecular complexity index is 546. The third-order valence-corrected chi connectivity index (χ3v) is 3.51. The minimum Gasteiger partial charge on any atom is -0.489 e.